The standard InChI is InChI=1S/C6H13NO.C2H7NO2/c1-4-5-6(8)7(2)3;3-1-2(4)5/h4-5H2,1-3H3;2,4-5H,1,3H2. The summed E-state index contributed by atoms with van der Waals surface area (Å²) in [5, 5.41) is 15.6. The summed E-state index contributed by atoms with van der Waals surface area (Å²) in [5.74, 6) is 0.215. The molecule has 0 radical (unpaired) electrons. The molecule has 0 aromatic carbocycles. The van der Waals surface area contributed by atoms with Crippen LogP contribution in [0.3, 0.4) is 0 Å². The molecule has 5 heteroatoms. The lowest BCUT2D eigenvalue weighted by atomic mass is 10.3. The zero-order valence-corrected chi connectivity index (χ0v) is 8.53. The van der Waals surface area contributed by atoms with Gasteiger partial charge in [-0.25, -0.2) is 0 Å². The third-order valence-electron chi connectivity index (χ3n) is 1.17. The molecule has 0 aliphatic heterocycles. The number of hydrogen-bond acceptors (Lipinski definition) is 4. The molecule has 0 heterocycles. The molecule has 0 unspecified atom stereocenters. The second-order valence-electron chi connectivity index (χ2n) is 2.75. The Morgan fingerprint density at radius 1 is 1.46 bits per heavy atom. The molecular formula is C8H20N2O3. The van der Waals surface area contributed by atoms with Crippen molar-refractivity contribution in [1.82, 2.24) is 4.90 Å². The van der Waals surface area contributed by atoms with E-state index in [0.29, 0.717) is 6.42 Å². The number of rotatable bonds is 3. The van der Waals surface area contributed by atoms with Crippen LogP contribution in [0.5, 0.6) is 0 Å². The minimum absolute atomic E-state index is 0.0833. The van der Waals surface area contributed by atoms with Crippen LogP contribution < -0.4 is 5.73 Å². The van der Waals surface area contributed by atoms with Crippen molar-refractivity contribution in [3.63, 3.8) is 0 Å². The van der Waals surface area contributed by atoms with Gasteiger partial charge < -0.3 is 20.8 Å². The van der Waals surface area contributed by atoms with Crippen LogP contribution in [0.2, 0.25) is 0 Å². The van der Waals surface area contributed by atoms with Gasteiger partial charge in [-0.05, 0) is 6.42 Å². The molecule has 1 amide bonds. The fourth-order valence-electron chi connectivity index (χ4n) is 0.437. The zero-order valence-electron chi connectivity index (χ0n) is 8.53. The van der Waals surface area contributed by atoms with E-state index in [9.17, 15) is 4.79 Å². The highest BCUT2D eigenvalue weighted by molar-refractivity contribution is 5.75. The molecule has 0 aliphatic carbocycles. The molecular weight excluding hydrogens is 172 g/mol. The van der Waals surface area contributed by atoms with Crippen molar-refractivity contribution in [2.75, 3.05) is 20.6 Å². The fraction of sp³-hybridized carbons (Fsp3) is 0.875. The number of carbonyl (C=O) groups excluding carboxylic acids is 1. The van der Waals surface area contributed by atoms with E-state index in [1.807, 2.05) is 6.92 Å². The summed E-state index contributed by atoms with van der Waals surface area (Å²) < 4.78 is 0. The minimum Gasteiger partial charge on any atom is -0.367 e. The van der Waals surface area contributed by atoms with Gasteiger partial charge >= 0.3 is 0 Å². The molecule has 5 nitrogen and oxygen atoms in total. The largest absolute Gasteiger partial charge is 0.367 e. The highest BCUT2D eigenvalue weighted by Gasteiger charge is 1.98. The smallest absolute Gasteiger partial charge is 0.222 e. The van der Waals surface area contributed by atoms with Gasteiger partial charge in [-0.1, -0.05) is 6.92 Å². The lowest BCUT2D eigenvalue weighted by Crippen LogP contribution is -2.20. The Kier molecular flexibility index (Phi) is 10.8. The van der Waals surface area contributed by atoms with Crippen molar-refractivity contribution in [3.05, 3.63) is 0 Å². The lowest BCUT2D eigenvalue weighted by molar-refractivity contribution is -0.128. The van der Waals surface area contributed by atoms with E-state index in [-0.39, 0.29) is 12.5 Å². The van der Waals surface area contributed by atoms with Crippen molar-refractivity contribution >= 4 is 5.91 Å². The van der Waals surface area contributed by atoms with Crippen LogP contribution >= 0.6 is 0 Å². The van der Waals surface area contributed by atoms with Crippen LogP contribution in [0.15, 0.2) is 0 Å². The molecule has 4 N–H and O–H groups in total. The van der Waals surface area contributed by atoms with Gasteiger partial charge in [-0.15, -0.1) is 0 Å². The van der Waals surface area contributed by atoms with E-state index in [0.717, 1.165) is 6.42 Å². The number of nitrogens with zero attached hydrogens (tertiary/aromatic N) is 1. The number of aliphatic hydroxyl groups excluding tert-OH is 1. The van der Waals surface area contributed by atoms with E-state index in [1.54, 1.807) is 19.0 Å². The number of nitrogens with two attached hydrogens (primary N) is 1. The van der Waals surface area contributed by atoms with Crippen molar-refractivity contribution in [1.29, 1.82) is 0 Å². The maximum atomic E-state index is 10.7. The van der Waals surface area contributed by atoms with E-state index < -0.39 is 6.29 Å². The Labute approximate surface area is 79.1 Å². The van der Waals surface area contributed by atoms with Crippen LogP contribution in [-0.2, 0) is 4.79 Å². The van der Waals surface area contributed by atoms with E-state index >= 15 is 0 Å². The quantitative estimate of drug-likeness (QED) is 0.507. The average molecular weight is 192 g/mol. The second-order valence-corrected chi connectivity index (χ2v) is 2.75. The predicted molar refractivity (Wildman–Crippen MR) is 50.9 cm³/mol. The molecule has 80 valence electrons. The van der Waals surface area contributed by atoms with Crippen molar-refractivity contribution in [2.45, 2.75) is 26.1 Å². The van der Waals surface area contributed by atoms with Gasteiger partial charge in [0.25, 0.3) is 0 Å². The summed E-state index contributed by atoms with van der Waals surface area (Å²) in [6, 6.07) is 0. The predicted octanol–water partition coefficient (Wildman–Crippen LogP) is -0.869. The summed E-state index contributed by atoms with van der Waals surface area (Å²) in [7, 11) is 3.55. The van der Waals surface area contributed by atoms with E-state index in [1.165, 1.54) is 0 Å². The molecule has 0 aromatic heterocycles. The molecule has 0 bridgehead atoms. The number of aliphatic hydroxyl groups is 2. The highest BCUT2D eigenvalue weighted by Crippen LogP contribution is 1.89. The van der Waals surface area contributed by atoms with Crippen LogP contribution in [0.25, 0.3) is 0 Å². The SMILES string of the molecule is CCCC(=O)N(C)C.NCC(O)O. The molecule has 0 spiro atoms. The first-order chi connectivity index (χ1) is 5.95. The number of hydrogen-bond donors (Lipinski definition) is 3. The topological polar surface area (TPSA) is 86.8 Å². The first-order valence-corrected chi connectivity index (χ1v) is 4.22. The Hall–Kier alpha value is -0.650. The van der Waals surface area contributed by atoms with Gasteiger partial charge in [-0.3, -0.25) is 4.79 Å². The summed E-state index contributed by atoms with van der Waals surface area (Å²) in [6.07, 6.45) is 0.277. The summed E-state index contributed by atoms with van der Waals surface area (Å²) >= 11 is 0. The first kappa shape index (κ1) is 14.9. The average Bonchev–Trinajstić information content (AvgIpc) is 2.06. The monoisotopic (exact) mass is 192 g/mol. The molecule has 0 aliphatic rings. The van der Waals surface area contributed by atoms with Gasteiger partial charge in [0.15, 0.2) is 6.29 Å². The lowest BCUT2D eigenvalue weighted by Gasteiger charge is -2.07. The van der Waals surface area contributed by atoms with Crippen LogP contribution in [0, 0.1) is 0 Å². The van der Waals surface area contributed by atoms with Crippen molar-refractivity contribution < 1.29 is 15.0 Å². The molecule has 0 saturated heterocycles. The normalized spacial score (nSPS) is 9.15. The van der Waals surface area contributed by atoms with Gasteiger partial charge in [0.1, 0.15) is 0 Å². The van der Waals surface area contributed by atoms with Crippen LogP contribution in [0.4, 0.5) is 0 Å². The highest BCUT2D eigenvalue weighted by atomic mass is 16.5. The molecule has 13 heavy (non-hydrogen) atoms. The third kappa shape index (κ3) is 14.2. The minimum atomic E-state index is -1.34. The Morgan fingerprint density at radius 2 is 1.85 bits per heavy atom. The summed E-state index contributed by atoms with van der Waals surface area (Å²) in [4.78, 5) is 12.3. The Bertz CT molecular complexity index is 127. The molecule has 0 rings (SSSR count). The van der Waals surface area contributed by atoms with Crippen molar-refractivity contribution in [3.8, 4) is 0 Å². The summed E-state index contributed by atoms with van der Waals surface area (Å²) in [6.45, 7) is 1.92. The second kappa shape index (κ2) is 9.44. The van der Waals surface area contributed by atoms with Gasteiger partial charge in [-0.2, -0.15) is 0 Å². The van der Waals surface area contributed by atoms with E-state index in [4.69, 9.17) is 10.2 Å². The molecule has 0 aromatic rings. The van der Waals surface area contributed by atoms with Gasteiger partial charge in [0.2, 0.25) is 5.91 Å². The van der Waals surface area contributed by atoms with Gasteiger partial charge in [0, 0.05) is 27.1 Å². The maximum Gasteiger partial charge on any atom is 0.222 e. The van der Waals surface area contributed by atoms with E-state index in [2.05, 4.69) is 5.73 Å². The Morgan fingerprint density at radius 3 is 1.92 bits per heavy atom. The number of amides is 1. The third-order valence-corrected chi connectivity index (χ3v) is 1.17. The Balaban J connectivity index is 0. The number of carbonyl (C=O) groups is 1. The summed E-state index contributed by atoms with van der Waals surface area (Å²) in [5.41, 5.74) is 4.67. The molecule has 0 fully saturated rings. The first-order valence-electron chi connectivity index (χ1n) is 4.22. The van der Waals surface area contributed by atoms with Crippen LogP contribution in [0.1, 0.15) is 19.8 Å². The molecule has 0 saturated carbocycles. The molecule has 0 atom stereocenters. The van der Waals surface area contributed by atoms with Gasteiger partial charge in [0.05, 0.1) is 0 Å². The fourth-order valence-corrected chi connectivity index (χ4v) is 0.437. The van der Waals surface area contributed by atoms with Crippen LogP contribution in [-0.4, -0.2) is 48.0 Å². The maximum absolute atomic E-state index is 10.7. The zero-order chi connectivity index (χ0) is 10.9. The van der Waals surface area contributed by atoms with Crippen molar-refractivity contribution in [2.24, 2.45) is 5.73 Å².